The van der Waals surface area contributed by atoms with Gasteiger partial charge in [-0.1, -0.05) is 30.3 Å². The van der Waals surface area contributed by atoms with Crippen molar-refractivity contribution in [1.82, 2.24) is 0 Å². The molecule has 9 nitrogen and oxygen atoms in total. The maximum atomic E-state index is 11.8. The topological polar surface area (TPSA) is 140 Å². The summed E-state index contributed by atoms with van der Waals surface area (Å²) >= 11 is 0. The zero-order valence-corrected chi connectivity index (χ0v) is 14.6. The summed E-state index contributed by atoms with van der Waals surface area (Å²) in [6, 6.07) is 9.51. The molecular formula is C13H20O9P2. The number of hydrogen-bond acceptors (Lipinski definition) is 6. The van der Waals surface area contributed by atoms with Gasteiger partial charge in [0.15, 0.2) is 0 Å². The van der Waals surface area contributed by atoms with E-state index in [2.05, 4.69) is 9.05 Å². The lowest BCUT2D eigenvalue weighted by Crippen LogP contribution is -2.27. The maximum absolute atomic E-state index is 11.8. The van der Waals surface area contributed by atoms with Gasteiger partial charge in [-0.25, -0.2) is 4.57 Å². The number of benzene rings is 1. The second-order valence-corrected chi connectivity index (χ2v) is 6.87. The van der Waals surface area contributed by atoms with E-state index in [4.69, 9.17) is 19.4 Å². The van der Waals surface area contributed by atoms with Gasteiger partial charge >= 0.3 is 22.0 Å². The lowest BCUT2D eigenvalue weighted by Gasteiger charge is -2.17. The second kappa shape index (κ2) is 10.7. The summed E-state index contributed by atoms with van der Waals surface area (Å²) < 4.78 is 34.9. The zero-order valence-electron chi connectivity index (χ0n) is 12.7. The van der Waals surface area contributed by atoms with Crippen LogP contribution in [0.4, 0.5) is 0 Å². The van der Waals surface area contributed by atoms with Crippen molar-refractivity contribution in [2.24, 2.45) is 0 Å². The highest BCUT2D eigenvalue weighted by Gasteiger charge is 2.22. The smallest absolute Gasteiger partial charge is 0.457 e. The fourth-order valence-electron chi connectivity index (χ4n) is 1.79. The van der Waals surface area contributed by atoms with Gasteiger partial charge in [0.2, 0.25) is 0 Å². The molecule has 2 atom stereocenters. The molecule has 0 heterocycles. The largest absolute Gasteiger partial charge is 0.469 e. The first-order chi connectivity index (χ1) is 11.3. The number of hydrogen-bond donors (Lipinski definition) is 3. The highest BCUT2D eigenvalue weighted by atomic mass is 31.2. The minimum Gasteiger partial charge on any atom is -0.457 e. The Hall–Kier alpha value is -1.05. The van der Waals surface area contributed by atoms with Crippen LogP contribution in [0.5, 0.6) is 0 Å². The lowest BCUT2D eigenvalue weighted by molar-refractivity contribution is -0.152. The molecule has 0 saturated carbocycles. The Morgan fingerprint density at radius 3 is 2.46 bits per heavy atom. The third kappa shape index (κ3) is 10.7. The first-order valence-corrected chi connectivity index (χ1v) is 9.85. The standard InChI is InChI=1S/C13H20O9P2/c14-13(8-4-7-11-5-2-1-3-6-11)22-12(9-20-23(15)16)10-21-24(17,18)19/h1-3,5-6,12,23H,4,7-10H2,(H,15,16)(H2,17,18,19). The number of carbonyl (C=O) groups excluding carboxylic acids is 1. The van der Waals surface area contributed by atoms with Gasteiger partial charge in [0, 0.05) is 6.42 Å². The molecular weight excluding hydrogens is 362 g/mol. The molecule has 1 aromatic carbocycles. The van der Waals surface area contributed by atoms with Crippen molar-refractivity contribution in [1.29, 1.82) is 0 Å². The SMILES string of the molecule is O=C(CCCc1ccccc1)OC(CO[PH](=O)O)COP(=O)(O)O. The van der Waals surface area contributed by atoms with Crippen molar-refractivity contribution in [3.05, 3.63) is 35.9 Å². The summed E-state index contributed by atoms with van der Waals surface area (Å²) in [5.74, 6) is -0.619. The number of rotatable bonds is 11. The van der Waals surface area contributed by atoms with Crippen molar-refractivity contribution in [2.75, 3.05) is 13.2 Å². The van der Waals surface area contributed by atoms with Crippen LogP contribution >= 0.6 is 16.1 Å². The zero-order chi connectivity index (χ0) is 18.0. The molecule has 0 aliphatic carbocycles. The molecule has 0 aliphatic heterocycles. The maximum Gasteiger partial charge on any atom is 0.469 e. The van der Waals surface area contributed by atoms with E-state index in [-0.39, 0.29) is 6.42 Å². The number of ether oxygens (including phenoxy) is 1. The van der Waals surface area contributed by atoms with Crippen LogP contribution in [0.15, 0.2) is 30.3 Å². The summed E-state index contributed by atoms with van der Waals surface area (Å²) in [7, 11) is -8.01. The molecule has 1 rings (SSSR count). The van der Waals surface area contributed by atoms with Crippen LogP contribution in [0.3, 0.4) is 0 Å². The fraction of sp³-hybridized carbons (Fsp3) is 0.462. The molecule has 2 unspecified atom stereocenters. The predicted molar refractivity (Wildman–Crippen MR) is 84.4 cm³/mol. The molecule has 0 aromatic heterocycles. The van der Waals surface area contributed by atoms with Gasteiger partial charge in [-0.2, -0.15) is 0 Å². The van der Waals surface area contributed by atoms with Gasteiger partial charge in [0.25, 0.3) is 0 Å². The van der Waals surface area contributed by atoms with Crippen molar-refractivity contribution in [2.45, 2.75) is 25.4 Å². The van der Waals surface area contributed by atoms with Gasteiger partial charge < -0.3 is 23.9 Å². The highest BCUT2D eigenvalue weighted by molar-refractivity contribution is 7.46. The van der Waals surface area contributed by atoms with Crippen LogP contribution < -0.4 is 0 Å². The summed E-state index contributed by atoms with van der Waals surface area (Å²) in [5.41, 5.74) is 1.06. The number of phosphoric acid groups is 1. The Kier molecular flexibility index (Phi) is 9.39. The van der Waals surface area contributed by atoms with Crippen molar-refractivity contribution in [3.63, 3.8) is 0 Å². The molecule has 11 heteroatoms. The summed E-state index contributed by atoms with van der Waals surface area (Å²) in [5, 5.41) is 0. The minimum atomic E-state index is -4.75. The van der Waals surface area contributed by atoms with Crippen molar-refractivity contribution < 1.29 is 42.4 Å². The minimum absolute atomic E-state index is 0.0790. The molecule has 0 saturated heterocycles. The molecule has 0 bridgehead atoms. The van der Waals surface area contributed by atoms with Gasteiger partial charge in [-0.3, -0.25) is 13.9 Å². The summed E-state index contributed by atoms with van der Waals surface area (Å²) in [6.07, 6.45) is 0.0746. The Labute approximate surface area is 139 Å². The molecule has 0 spiro atoms. The van der Waals surface area contributed by atoms with Crippen LogP contribution in [0, 0.1) is 0 Å². The van der Waals surface area contributed by atoms with Gasteiger partial charge in [0.1, 0.15) is 6.10 Å². The summed E-state index contributed by atoms with van der Waals surface area (Å²) in [6.45, 7) is -1.15. The van der Waals surface area contributed by atoms with E-state index in [0.29, 0.717) is 12.8 Å². The molecule has 0 radical (unpaired) electrons. The number of esters is 1. The van der Waals surface area contributed by atoms with Crippen LogP contribution in [0.1, 0.15) is 18.4 Å². The Morgan fingerprint density at radius 1 is 1.21 bits per heavy atom. The van der Waals surface area contributed by atoms with E-state index in [9.17, 15) is 13.9 Å². The van der Waals surface area contributed by atoms with E-state index in [1.54, 1.807) is 0 Å². The monoisotopic (exact) mass is 382 g/mol. The van der Waals surface area contributed by atoms with Crippen molar-refractivity contribution in [3.8, 4) is 0 Å². The Morgan fingerprint density at radius 2 is 1.88 bits per heavy atom. The van der Waals surface area contributed by atoms with Crippen LogP contribution in [-0.4, -0.2) is 40.0 Å². The van der Waals surface area contributed by atoms with E-state index < -0.39 is 41.4 Å². The first-order valence-electron chi connectivity index (χ1n) is 7.05. The highest BCUT2D eigenvalue weighted by Crippen LogP contribution is 2.36. The van der Waals surface area contributed by atoms with E-state index in [1.807, 2.05) is 30.3 Å². The van der Waals surface area contributed by atoms with Gasteiger partial charge in [-0.05, 0) is 18.4 Å². The third-order valence-corrected chi connectivity index (χ3v) is 3.71. The average Bonchev–Trinajstić information content (AvgIpc) is 2.50. The Bertz CT molecular complexity index is 572. The van der Waals surface area contributed by atoms with Crippen LogP contribution in [-0.2, 0) is 34.1 Å². The molecule has 3 N–H and O–H groups in total. The third-order valence-electron chi connectivity index (χ3n) is 2.81. The van der Waals surface area contributed by atoms with E-state index in [0.717, 1.165) is 5.56 Å². The summed E-state index contributed by atoms with van der Waals surface area (Å²) in [4.78, 5) is 37.7. The molecule has 24 heavy (non-hydrogen) atoms. The number of carbonyl (C=O) groups is 1. The molecule has 0 amide bonds. The van der Waals surface area contributed by atoms with Gasteiger partial charge in [-0.15, -0.1) is 0 Å². The van der Waals surface area contributed by atoms with Crippen molar-refractivity contribution >= 4 is 22.0 Å². The number of aryl methyl sites for hydroxylation is 1. The average molecular weight is 382 g/mol. The quantitative estimate of drug-likeness (QED) is 0.383. The molecule has 0 aliphatic rings. The number of phosphoric ester groups is 1. The van der Waals surface area contributed by atoms with E-state index in [1.165, 1.54) is 0 Å². The predicted octanol–water partition coefficient (Wildman–Crippen LogP) is 1.43. The normalized spacial score (nSPS) is 14.1. The van der Waals surface area contributed by atoms with Crippen LogP contribution in [0.2, 0.25) is 0 Å². The Balaban J connectivity index is 2.40. The first kappa shape index (κ1) is 21.0. The lowest BCUT2D eigenvalue weighted by atomic mass is 10.1. The van der Waals surface area contributed by atoms with Gasteiger partial charge in [0.05, 0.1) is 13.2 Å². The molecule has 136 valence electrons. The molecule has 1 aromatic rings. The second-order valence-electron chi connectivity index (χ2n) is 4.81. The van der Waals surface area contributed by atoms with E-state index >= 15 is 0 Å². The van der Waals surface area contributed by atoms with Crippen LogP contribution in [0.25, 0.3) is 0 Å². The fourth-order valence-corrected chi connectivity index (χ4v) is 2.48. The molecule has 0 fully saturated rings.